The van der Waals surface area contributed by atoms with Crippen LogP contribution in [0.4, 0.5) is 0 Å². The minimum absolute atomic E-state index is 0.330. The number of nitrogens with one attached hydrogen (secondary N) is 1. The number of hydrogen-bond acceptors (Lipinski definition) is 3. The highest BCUT2D eigenvalue weighted by Crippen LogP contribution is 2.14. The van der Waals surface area contributed by atoms with E-state index in [4.69, 9.17) is 16.3 Å². The van der Waals surface area contributed by atoms with Gasteiger partial charge in [-0.1, -0.05) is 47.5 Å². The molecular weight excluding hydrogens is 300 g/mol. The molecule has 0 spiro atoms. The van der Waals surface area contributed by atoms with E-state index in [1.165, 1.54) is 6.21 Å². The van der Waals surface area contributed by atoms with E-state index >= 15 is 0 Å². The maximum absolute atomic E-state index is 11.9. The van der Waals surface area contributed by atoms with Crippen molar-refractivity contribution in [3.05, 3.63) is 64.7 Å². The Kier molecular flexibility index (Phi) is 5.55. The Bertz CT molecular complexity index is 669. The van der Waals surface area contributed by atoms with E-state index < -0.39 is 6.10 Å². The van der Waals surface area contributed by atoms with E-state index in [9.17, 15) is 4.79 Å². The summed E-state index contributed by atoms with van der Waals surface area (Å²) in [5.74, 6) is 0.312. The van der Waals surface area contributed by atoms with Crippen LogP contribution >= 0.6 is 11.6 Å². The Hall–Kier alpha value is -2.33. The van der Waals surface area contributed by atoms with Gasteiger partial charge in [-0.3, -0.25) is 4.79 Å². The fraction of sp³-hybridized carbons (Fsp3) is 0.176. The molecule has 22 heavy (non-hydrogen) atoms. The van der Waals surface area contributed by atoms with E-state index in [2.05, 4.69) is 10.5 Å². The van der Waals surface area contributed by atoms with Crippen LogP contribution in [0, 0.1) is 6.92 Å². The second-order valence-corrected chi connectivity index (χ2v) is 5.24. The quantitative estimate of drug-likeness (QED) is 0.677. The Balaban J connectivity index is 1.89. The number of hydrazone groups is 1. The second-order valence-electron chi connectivity index (χ2n) is 4.83. The van der Waals surface area contributed by atoms with E-state index in [0.717, 1.165) is 11.1 Å². The lowest BCUT2D eigenvalue weighted by molar-refractivity contribution is -0.127. The summed E-state index contributed by atoms with van der Waals surface area (Å²) in [6, 6.07) is 14.7. The summed E-state index contributed by atoms with van der Waals surface area (Å²) in [6.07, 6.45) is 0.852. The molecule has 1 amide bonds. The first-order chi connectivity index (χ1) is 10.6. The first-order valence-electron chi connectivity index (χ1n) is 6.87. The monoisotopic (exact) mass is 316 g/mol. The number of rotatable bonds is 5. The molecule has 0 saturated carbocycles. The van der Waals surface area contributed by atoms with E-state index in [-0.39, 0.29) is 5.91 Å². The molecule has 2 aromatic carbocycles. The molecule has 1 atom stereocenters. The van der Waals surface area contributed by atoms with Gasteiger partial charge >= 0.3 is 0 Å². The molecule has 114 valence electrons. The van der Waals surface area contributed by atoms with E-state index in [1.807, 2.05) is 49.4 Å². The molecule has 2 aromatic rings. The summed E-state index contributed by atoms with van der Waals surface area (Å²) >= 11 is 5.99. The fourth-order valence-corrected chi connectivity index (χ4v) is 1.90. The number of nitrogens with zero attached hydrogens (tertiary/aromatic N) is 1. The van der Waals surface area contributed by atoms with Gasteiger partial charge in [0.05, 0.1) is 6.21 Å². The lowest BCUT2D eigenvalue weighted by atomic mass is 10.2. The molecule has 1 N–H and O–H groups in total. The fourth-order valence-electron chi connectivity index (χ4n) is 1.71. The van der Waals surface area contributed by atoms with Crippen LogP contribution in [0.1, 0.15) is 18.1 Å². The van der Waals surface area contributed by atoms with Crippen LogP contribution in [-0.4, -0.2) is 18.2 Å². The highest BCUT2D eigenvalue weighted by Gasteiger charge is 2.13. The van der Waals surface area contributed by atoms with Gasteiger partial charge in [-0.25, -0.2) is 5.43 Å². The van der Waals surface area contributed by atoms with Crippen LogP contribution in [0.2, 0.25) is 5.02 Å². The van der Waals surface area contributed by atoms with Crippen molar-refractivity contribution in [2.24, 2.45) is 5.10 Å². The van der Waals surface area contributed by atoms with Crippen molar-refractivity contribution < 1.29 is 9.53 Å². The van der Waals surface area contributed by atoms with Gasteiger partial charge in [0.1, 0.15) is 5.75 Å². The summed E-state index contributed by atoms with van der Waals surface area (Å²) in [6.45, 7) is 3.66. The smallest absolute Gasteiger partial charge is 0.280 e. The normalized spacial score (nSPS) is 12.1. The molecule has 0 aliphatic carbocycles. The van der Waals surface area contributed by atoms with E-state index in [1.54, 1.807) is 13.0 Å². The predicted octanol–water partition coefficient (Wildman–Crippen LogP) is 3.57. The number of benzene rings is 2. The molecule has 0 fully saturated rings. The lowest BCUT2D eigenvalue weighted by Gasteiger charge is -2.12. The van der Waals surface area contributed by atoms with E-state index in [0.29, 0.717) is 10.8 Å². The molecule has 0 aromatic heterocycles. The zero-order valence-corrected chi connectivity index (χ0v) is 13.2. The van der Waals surface area contributed by atoms with Gasteiger partial charge < -0.3 is 4.74 Å². The van der Waals surface area contributed by atoms with Crippen molar-refractivity contribution in [1.29, 1.82) is 0 Å². The van der Waals surface area contributed by atoms with Crippen LogP contribution in [0.5, 0.6) is 5.75 Å². The third-order valence-corrected chi connectivity index (χ3v) is 3.33. The Morgan fingerprint density at radius 1 is 1.23 bits per heavy atom. The molecule has 0 aliphatic heterocycles. The standard InChI is InChI=1S/C17H17ClN2O2/c1-12-7-9-15(10-8-12)22-13(2)17(21)20-19-11-14-5-3-4-6-16(14)18/h3-11,13H,1-2H3,(H,20,21)/t13-/m0/s1. The van der Waals surface area contributed by atoms with Gasteiger partial charge in [0.25, 0.3) is 5.91 Å². The van der Waals surface area contributed by atoms with Gasteiger partial charge in [0.2, 0.25) is 0 Å². The van der Waals surface area contributed by atoms with Crippen LogP contribution in [0.3, 0.4) is 0 Å². The lowest BCUT2D eigenvalue weighted by Crippen LogP contribution is -2.33. The predicted molar refractivity (Wildman–Crippen MR) is 88.5 cm³/mol. The number of carbonyl (C=O) groups is 1. The Morgan fingerprint density at radius 2 is 1.91 bits per heavy atom. The highest BCUT2D eigenvalue weighted by molar-refractivity contribution is 6.33. The average molecular weight is 317 g/mol. The van der Waals surface area contributed by atoms with Gasteiger partial charge in [-0.2, -0.15) is 5.10 Å². The molecular formula is C17H17ClN2O2. The van der Waals surface area contributed by atoms with Crippen molar-refractivity contribution in [3.8, 4) is 5.75 Å². The largest absolute Gasteiger partial charge is 0.481 e. The first-order valence-corrected chi connectivity index (χ1v) is 7.25. The third-order valence-electron chi connectivity index (χ3n) is 2.99. The first kappa shape index (κ1) is 16.0. The number of aryl methyl sites for hydroxylation is 1. The minimum Gasteiger partial charge on any atom is -0.481 e. The van der Waals surface area contributed by atoms with Gasteiger partial charge in [0.15, 0.2) is 6.10 Å². The topological polar surface area (TPSA) is 50.7 Å². The van der Waals surface area contributed by atoms with Gasteiger partial charge in [-0.15, -0.1) is 0 Å². The molecule has 0 bridgehead atoms. The van der Waals surface area contributed by atoms with Crippen LogP contribution < -0.4 is 10.2 Å². The van der Waals surface area contributed by atoms with Crippen molar-refractivity contribution in [3.63, 3.8) is 0 Å². The molecule has 4 nitrogen and oxygen atoms in total. The molecule has 2 rings (SSSR count). The maximum Gasteiger partial charge on any atom is 0.280 e. The molecule has 0 radical (unpaired) electrons. The minimum atomic E-state index is -0.647. The van der Waals surface area contributed by atoms with Crippen LogP contribution in [0.25, 0.3) is 0 Å². The number of halogens is 1. The van der Waals surface area contributed by atoms with Crippen LogP contribution in [0.15, 0.2) is 53.6 Å². The summed E-state index contributed by atoms with van der Waals surface area (Å²) < 4.78 is 5.55. The third kappa shape index (κ3) is 4.60. The van der Waals surface area contributed by atoms with Crippen molar-refractivity contribution in [1.82, 2.24) is 5.43 Å². The molecule has 0 unspecified atom stereocenters. The summed E-state index contributed by atoms with van der Waals surface area (Å²) in [7, 11) is 0. The Labute approximate surface area is 134 Å². The summed E-state index contributed by atoms with van der Waals surface area (Å²) in [5.41, 5.74) is 4.30. The van der Waals surface area contributed by atoms with Gasteiger partial charge in [-0.05, 0) is 32.0 Å². The highest BCUT2D eigenvalue weighted by atomic mass is 35.5. The van der Waals surface area contributed by atoms with Gasteiger partial charge in [0, 0.05) is 10.6 Å². The summed E-state index contributed by atoms with van der Waals surface area (Å²) in [5, 5.41) is 4.46. The Morgan fingerprint density at radius 3 is 2.59 bits per heavy atom. The average Bonchev–Trinajstić information content (AvgIpc) is 2.51. The van der Waals surface area contributed by atoms with Crippen molar-refractivity contribution in [2.45, 2.75) is 20.0 Å². The maximum atomic E-state index is 11.9. The molecule has 5 heteroatoms. The zero-order chi connectivity index (χ0) is 15.9. The zero-order valence-electron chi connectivity index (χ0n) is 12.4. The second kappa shape index (κ2) is 7.61. The number of ether oxygens (including phenoxy) is 1. The number of hydrogen-bond donors (Lipinski definition) is 1. The SMILES string of the molecule is Cc1ccc(O[C@@H](C)C(=O)NN=Cc2ccccc2Cl)cc1. The van der Waals surface area contributed by atoms with Crippen molar-refractivity contribution in [2.75, 3.05) is 0 Å². The van der Waals surface area contributed by atoms with Crippen molar-refractivity contribution >= 4 is 23.7 Å². The molecule has 0 heterocycles. The number of amides is 1. The summed E-state index contributed by atoms with van der Waals surface area (Å²) in [4.78, 5) is 11.9. The molecule has 0 saturated heterocycles. The number of carbonyl (C=O) groups excluding carboxylic acids is 1. The molecule has 0 aliphatic rings. The van der Waals surface area contributed by atoms with Crippen LogP contribution in [-0.2, 0) is 4.79 Å².